The van der Waals surface area contributed by atoms with Crippen LogP contribution in [-0.2, 0) is 9.53 Å². The van der Waals surface area contributed by atoms with E-state index in [2.05, 4.69) is 15.3 Å². The molecule has 1 aliphatic rings. The third-order valence-electron chi connectivity index (χ3n) is 5.66. The summed E-state index contributed by atoms with van der Waals surface area (Å²) in [5.41, 5.74) is 0.181. The lowest BCUT2D eigenvalue weighted by Gasteiger charge is -2.32. The molecule has 1 aliphatic heterocycles. The number of amides is 1. The van der Waals surface area contributed by atoms with Crippen LogP contribution in [0.5, 0.6) is 5.75 Å². The van der Waals surface area contributed by atoms with E-state index in [4.69, 9.17) is 9.47 Å². The van der Waals surface area contributed by atoms with Crippen molar-refractivity contribution in [2.75, 3.05) is 12.4 Å². The summed E-state index contributed by atoms with van der Waals surface area (Å²) in [7, 11) is 1.22. The Morgan fingerprint density at radius 1 is 1.06 bits per heavy atom. The number of nitrogens with zero attached hydrogens (tertiary/aromatic N) is 2. The molecule has 3 aromatic rings. The van der Waals surface area contributed by atoms with Gasteiger partial charge in [-0.05, 0) is 56.2 Å². The maximum Gasteiger partial charge on any atom is 0.350 e. The zero-order chi connectivity index (χ0) is 25.5. The zero-order valence-corrected chi connectivity index (χ0v) is 19.4. The van der Waals surface area contributed by atoms with Crippen LogP contribution in [0.2, 0.25) is 0 Å². The number of methoxy groups -OCH3 is 1. The Bertz CT molecular complexity index is 1350. The standard InChI is InChI=1S/C25H21F2N3O5/c1-12-5-16(26)22(17(27)6-12)23(32)30-21-11-28-18(10-29-21)14-8-20-15(7-13(14)2)19(31)9-25(3,35-20)24(33)34-4/h5-8,10-11H,9H2,1-4H3,(H,29,30,32). The summed E-state index contributed by atoms with van der Waals surface area (Å²) in [4.78, 5) is 45.5. The number of benzene rings is 2. The Hall–Kier alpha value is -4.21. The quantitative estimate of drug-likeness (QED) is 0.557. The third-order valence-corrected chi connectivity index (χ3v) is 5.66. The number of ether oxygens (including phenoxy) is 2. The fourth-order valence-corrected chi connectivity index (χ4v) is 3.90. The van der Waals surface area contributed by atoms with Crippen molar-refractivity contribution in [1.29, 1.82) is 0 Å². The maximum absolute atomic E-state index is 14.1. The normalized spacial score (nSPS) is 16.8. The van der Waals surface area contributed by atoms with Gasteiger partial charge in [0.05, 0.1) is 37.2 Å². The molecule has 1 amide bonds. The topological polar surface area (TPSA) is 107 Å². The van der Waals surface area contributed by atoms with E-state index in [9.17, 15) is 23.2 Å². The SMILES string of the molecule is COC(=O)C1(C)CC(=O)c2cc(C)c(-c3cnc(NC(=O)c4c(F)cc(C)cc4F)cn3)cc2O1. The van der Waals surface area contributed by atoms with Gasteiger partial charge in [0, 0.05) is 5.56 Å². The highest BCUT2D eigenvalue weighted by Gasteiger charge is 2.44. The molecule has 0 aliphatic carbocycles. The number of aromatic nitrogens is 2. The van der Waals surface area contributed by atoms with Crippen LogP contribution in [0.25, 0.3) is 11.3 Å². The smallest absolute Gasteiger partial charge is 0.350 e. The first-order chi connectivity index (χ1) is 16.5. The summed E-state index contributed by atoms with van der Waals surface area (Å²) in [6.07, 6.45) is 2.44. The van der Waals surface area contributed by atoms with Crippen LogP contribution in [0, 0.1) is 25.5 Å². The van der Waals surface area contributed by atoms with Crippen molar-refractivity contribution in [2.45, 2.75) is 32.8 Å². The number of nitrogens with one attached hydrogen (secondary N) is 1. The number of aryl methyl sites for hydroxylation is 2. The van der Waals surface area contributed by atoms with Crippen LogP contribution < -0.4 is 10.1 Å². The van der Waals surface area contributed by atoms with E-state index in [1.807, 2.05) is 0 Å². The maximum atomic E-state index is 14.1. The van der Waals surface area contributed by atoms with Gasteiger partial charge in [-0.25, -0.2) is 18.6 Å². The molecule has 1 aromatic heterocycles. The van der Waals surface area contributed by atoms with Crippen LogP contribution in [0.1, 0.15) is 45.2 Å². The predicted molar refractivity (Wildman–Crippen MR) is 121 cm³/mol. The summed E-state index contributed by atoms with van der Waals surface area (Å²) >= 11 is 0. The first kappa shape index (κ1) is 23.9. The monoisotopic (exact) mass is 481 g/mol. The molecule has 2 heterocycles. The van der Waals surface area contributed by atoms with Crippen molar-refractivity contribution in [3.63, 3.8) is 0 Å². The van der Waals surface area contributed by atoms with Gasteiger partial charge in [-0.15, -0.1) is 0 Å². The average Bonchev–Trinajstić information content (AvgIpc) is 2.78. The highest BCUT2D eigenvalue weighted by Crippen LogP contribution is 2.38. The molecule has 0 spiro atoms. The van der Waals surface area contributed by atoms with Crippen LogP contribution in [0.15, 0.2) is 36.7 Å². The molecule has 10 heteroatoms. The fraction of sp³-hybridized carbons (Fsp3) is 0.240. The number of rotatable bonds is 4. The first-order valence-electron chi connectivity index (χ1n) is 10.6. The number of carbonyl (C=O) groups excluding carboxylic acids is 3. The Morgan fingerprint density at radius 3 is 2.34 bits per heavy atom. The number of carbonyl (C=O) groups is 3. The van der Waals surface area contributed by atoms with Crippen molar-refractivity contribution in [1.82, 2.24) is 9.97 Å². The molecule has 2 aromatic carbocycles. The van der Waals surface area contributed by atoms with Gasteiger partial charge in [-0.3, -0.25) is 14.6 Å². The molecule has 4 rings (SSSR count). The van der Waals surface area contributed by atoms with Crippen molar-refractivity contribution in [3.05, 3.63) is 70.5 Å². The minimum absolute atomic E-state index is 0.0153. The third kappa shape index (κ3) is 4.46. The molecule has 0 radical (unpaired) electrons. The minimum Gasteiger partial charge on any atom is -0.475 e. The number of fused-ring (bicyclic) bond motifs is 1. The Balaban J connectivity index is 1.61. The van der Waals surface area contributed by atoms with Crippen molar-refractivity contribution < 1.29 is 32.6 Å². The van der Waals surface area contributed by atoms with Crippen molar-refractivity contribution >= 4 is 23.5 Å². The van der Waals surface area contributed by atoms with Gasteiger partial charge >= 0.3 is 5.97 Å². The number of ketones is 1. The predicted octanol–water partition coefficient (Wildman–Crippen LogP) is 4.19. The zero-order valence-electron chi connectivity index (χ0n) is 19.4. The second-order valence-corrected chi connectivity index (χ2v) is 8.43. The molecular formula is C25H21F2N3O5. The van der Waals surface area contributed by atoms with E-state index in [0.29, 0.717) is 27.9 Å². The van der Waals surface area contributed by atoms with Gasteiger partial charge in [0.15, 0.2) is 11.6 Å². The molecule has 8 nitrogen and oxygen atoms in total. The second-order valence-electron chi connectivity index (χ2n) is 8.43. The van der Waals surface area contributed by atoms with Gasteiger partial charge < -0.3 is 14.8 Å². The largest absolute Gasteiger partial charge is 0.475 e. The number of esters is 1. The number of Topliss-reactive ketones (excluding diaryl/α,β-unsaturated/α-hetero) is 1. The van der Waals surface area contributed by atoms with Crippen molar-refractivity contribution in [3.8, 4) is 17.0 Å². The van der Waals surface area contributed by atoms with Gasteiger partial charge in [0.1, 0.15) is 22.9 Å². The van der Waals surface area contributed by atoms with E-state index in [-0.39, 0.29) is 23.8 Å². The number of hydrogen-bond donors (Lipinski definition) is 1. The molecule has 180 valence electrons. The fourth-order valence-electron chi connectivity index (χ4n) is 3.90. The molecule has 35 heavy (non-hydrogen) atoms. The van der Waals surface area contributed by atoms with Crippen molar-refractivity contribution in [2.24, 2.45) is 0 Å². The first-order valence-corrected chi connectivity index (χ1v) is 10.6. The lowest BCUT2D eigenvalue weighted by atomic mass is 9.89. The van der Waals surface area contributed by atoms with Gasteiger partial charge in [-0.2, -0.15) is 0 Å². The van der Waals surface area contributed by atoms with Crippen LogP contribution in [-0.4, -0.2) is 40.3 Å². The number of hydrogen-bond acceptors (Lipinski definition) is 7. The van der Waals surface area contributed by atoms with Gasteiger partial charge in [0.25, 0.3) is 5.91 Å². The molecule has 1 atom stereocenters. The van der Waals surface area contributed by atoms with E-state index in [0.717, 1.165) is 12.1 Å². The van der Waals surface area contributed by atoms with E-state index >= 15 is 0 Å². The summed E-state index contributed by atoms with van der Waals surface area (Å²) < 4.78 is 38.8. The van der Waals surface area contributed by atoms with Crippen LogP contribution in [0.4, 0.5) is 14.6 Å². The highest BCUT2D eigenvalue weighted by molar-refractivity contribution is 6.05. The number of anilines is 1. The van der Waals surface area contributed by atoms with Crippen LogP contribution in [0.3, 0.4) is 0 Å². The minimum atomic E-state index is -1.45. The van der Waals surface area contributed by atoms with Crippen LogP contribution >= 0.6 is 0 Å². The average molecular weight is 481 g/mol. The summed E-state index contributed by atoms with van der Waals surface area (Å²) in [5.74, 6) is -3.70. The van der Waals surface area contributed by atoms with Gasteiger partial charge in [0.2, 0.25) is 5.60 Å². The van der Waals surface area contributed by atoms with Gasteiger partial charge in [-0.1, -0.05) is 0 Å². The molecule has 0 saturated carbocycles. The number of halogens is 2. The lowest BCUT2D eigenvalue weighted by molar-refractivity contribution is -0.157. The lowest BCUT2D eigenvalue weighted by Crippen LogP contribution is -2.47. The molecule has 1 N–H and O–H groups in total. The Labute approximate surface area is 199 Å². The Morgan fingerprint density at radius 2 is 1.74 bits per heavy atom. The molecule has 0 saturated heterocycles. The van der Waals surface area contributed by atoms with E-state index in [1.165, 1.54) is 33.4 Å². The summed E-state index contributed by atoms with van der Waals surface area (Å²) in [5, 5.41) is 2.32. The summed E-state index contributed by atoms with van der Waals surface area (Å²) in [6, 6.07) is 5.35. The van der Waals surface area contributed by atoms with E-state index in [1.54, 1.807) is 19.1 Å². The summed E-state index contributed by atoms with van der Waals surface area (Å²) in [6.45, 7) is 4.77. The highest BCUT2D eigenvalue weighted by atomic mass is 19.1. The molecular weight excluding hydrogens is 460 g/mol. The molecule has 0 fully saturated rings. The Kier molecular flexibility index (Phi) is 6.06. The molecule has 1 unspecified atom stereocenters. The second kappa shape index (κ2) is 8.86. The molecule has 0 bridgehead atoms. The van der Waals surface area contributed by atoms with E-state index < -0.39 is 34.7 Å².